The van der Waals surface area contributed by atoms with E-state index in [9.17, 15) is 9.59 Å². The number of nitrogens with one attached hydrogen (secondary N) is 4. The fraction of sp³-hybridized carbons (Fsp3) is 0.391. The second-order valence-corrected chi connectivity index (χ2v) is 7.16. The van der Waals surface area contributed by atoms with Gasteiger partial charge in [-0.15, -0.1) is 0 Å². The smallest absolute Gasteiger partial charge is 0.248 e. The Hall–Kier alpha value is -3.64. The van der Waals surface area contributed by atoms with Crippen LogP contribution in [-0.2, 0) is 4.79 Å². The van der Waals surface area contributed by atoms with Crippen LogP contribution in [0.1, 0.15) is 49.0 Å². The standard InChI is InChI=1S/C23H31N7O2/c1-4-13-26-21-18(8-6-5-7-14-27-22(32)16(2)25-3)15-28-23(30-21)29-19-11-9-17(10-12-19)20(24)31/h9-12,15-16,25H,4-5,7,13-14H2,1-3H3,(H2,24,31)(H,27,32)(H2,26,28,29,30)/t16-/m0/s1. The zero-order valence-electron chi connectivity index (χ0n) is 18.8. The molecule has 0 spiro atoms. The molecule has 1 atom stereocenters. The summed E-state index contributed by atoms with van der Waals surface area (Å²) in [7, 11) is 1.75. The average molecular weight is 438 g/mol. The third kappa shape index (κ3) is 7.89. The molecular weight excluding hydrogens is 406 g/mol. The highest BCUT2D eigenvalue weighted by Crippen LogP contribution is 2.18. The highest BCUT2D eigenvalue weighted by Gasteiger charge is 2.08. The molecule has 0 aliphatic heterocycles. The largest absolute Gasteiger partial charge is 0.369 e. The summed E-state index contributed by atoms with van der Waals surface area (Å²) in [4.78, 5) is 31.8. The monoisotopic (exact) mass is 437 g/mol. The van der Waals surface area contributed by atoms with Gasteiger partial charge in [-0.3, -0.25) is 9.59 Å². The van der Waals surface area contributed by atoms with Crippen LogP contribution in [0.4, 0.5) is 17.5 Å². The normalized spacial score (nSPS) is 11.1. The minimum absolute atomic E-state index is 0.0210. The molecular formula is C23H31N7O2. The van der Waals surface area contributed by atoms with Crippen LogP contribution in [0.25, 0.3) is 0 Å². The number of amides is 2. The van der Waals surface area contributed by atoms with Gasteiger partial charge in [0.1, 0.15) is 5.82 Å². The Morgan fingerprint density at radius 1 is 1.19 bits per heavy atom. The van der Waals surface area contributed by atoms with E-state index in [1.807, 2.05) is 6.92 Å². The Bertz CT molecular complexity index is 965. The van der Waals surface area contributed by atoms with Crippen molar-refractivity contribution in [2.24, 2.45) is 5.73 Å². The van der Waals surface area contributed by atoms with Crippen molar-refractivity contribution in [1.82, 2.24) is 20.6 Å². The van der Waals surface area contributed by atoms with Crippen LogP contribution < -0.4 is 27.0 Å². The molecule has 0 fully saturated rings. The van der Waals surface area contributed by atoms with E-state index in [0.717, 1.165) is 25.1 Å². The second kappa shape index (κ2) is 12.9. The number of likely N-dealkylation sites (N-methyl/N-ethyl adjacent to an activating group) is 1. The number of unbranched alkanes of at least 4 members (excludes halogenated alkanes) is 1. The van der Waals surface area contributed by atoms with Gasteiger partial charge in [0.15, 0.2) is 0 Å². The predicted molar refractivity (Wildman–Crippen MR) is 127 cm³/mol. The van der Waals surface area contributed by atoms with Gasteiger partial charge in [-0.2, -0.15) is 4.98 Å². The molecule has 9 nitrogen and oxygen atoms in total. The maximum atomic E-state index is 11.7. The van der Waals surface area contributed by atoms with Crippen molar-refractivity contribution in [2.75, 3.05) is 30.8 Å². The predicted octanol–water partition coefficient (Wildman–Crippen LogP) is 2.00. The first-order valence-corrected chi connectivity index (χ1v) is 10.7. The molecule has 2 aromatic rings. The summed E-state index contributed by atoms with van der Waals surface area (Å²) in [5, 5.41) is 12.2. The van der Waals surface area contributed by atoms with Gasteiger partial charge in [0.05, 0.1) is 17.8 Å². The third-order valence-electron chi connectivity index (χ3n) is 4.58. The third-order valence-corrected chi connectivity index (χ3v) is 4.58. The first-order valence-electron chi connectivity index (χ1n) is 10.7. The van der Waals surface area contributed by atoms with Crippen molar-refractivity contribution >= 4 is 29.3 Å². The maximum Gasteiger partial charge on any atom is 0.248 e. The molecule has 2 amide bonds. The molecule has 1 heterocycles. The van der Waals surface area contributed by atoms with Crippen LogP contribution in [-0.4, -0.2) is 48.0 Å². The van der Waals surface area contributed by atoms with Crippen LogP contribution in [0.3, 0.4) is 0 Å². The highest BCUT2D eigenvalue weighted by molar-refractivity contribution is 5.93. The van der Waals surface area contributed by atoms with Crippen molar-refractivity contribution in [3.05, 3.63) is 41.6 Å². The second-order valence-electron chi connectivity index (χ2n) is 7.16. The lowest BCUT2D eigenvalue weighted by Crippen LogP contribution is -2.40. The zero-order valence-corrected chi connectivity index (χ0v) is 18.8. The summed E-state index contributed by atoms with van der Waals surface area (Å²) in [5.74, 6) is 6.81. The highest BCUT2D eigenvalue weighted by atomic mass is 16.2. The van der Waals surface area contributed by atoms with Gasteiger partial charge in [0, 0.05) is 30.8 Å². The van der Waals surface area contributed by atoms with Crippen LogP contribution in [0, 0.1) is 11.8 Å². The number of carbonyl (C=O) groups is 2. The van der Waals surface area contributed by atoms with Gasteiger partial charge in [-0.1, -0.05) is 18.8 Å². The molecule has 0 saturated carbocycles. The molecule has 0 radical (unpaired) electrons. The number of nitrogens with zero attached hydrogens (tertiary/aromatic N) is 2. The van der Waals surface area contributed by atoms with E-state index in [1.165, 1.54) is 0 Å². The molecule has 2 rings (SSSR count). The molecule has 9 heteroatoms. The van der Waals surface area contributed by atoms with Crippen LogP contribution in [0.5, 0.6) is 0 Å². The van der Waals surface area contributed by atoms with E-state index in [1.54, 1.807) is 37.5 Å². The van der Waals surface area contributed by atoms with E-state index in [4.69, 9.17) is 5.73 Å². The summed E-state index contributed by atoms with van der Waals surface area (Å²) in [6.07, 6.45) is 4.02. The molecule has 0 aliphatic carbocycles. The van der Waals surface area contributed by atoms with Crippen molar-refractivity contribution in [2.45, 2.75) is 39.2 Å². The average Bonchev–Trinajstić information content (AvgIpc) is 2.80. The number of nitrogens with two attached hydrogens (primary N) is 1. The van der Waals surface area contributed by atoms with E-state index in [2.05, 4.69) is 50.0 Å². The summed E-state index contributed by atoms with van der Waals surface area (Å²) in [6, 6.07) is 6.56. The minimum atomic E-state index is -0.475. The van der Waals surface area contributed by atoms with Gasteiger partial charge in [-0.05, 0) is 51.1 Å². The molecule has 170 valence electrons. The Kier molecular flexibility index (Phi) is 9.94. The first-order chi connectivity index (χ1) is 15.4. The Morgan fingerprint density at radius 2 is 1.94 bits per heavy atom. The van der Waals surface area contributed by atoms with Gasteiger partial charge in [0.2, 0.25) is 17.8 Å². The lowest BCUT2D eigenvalue weighted by Gasteiger charge is -2.10. The molecule has 32 heavy (non-hydrogen) atoms. The van der Waals surface area contributed by atoms with Crippen molar-refractivity contribution in [3.63, 3.8) is 0 Å². The Labute approximate surface area is 189 Å². The molecule has 0 unspecified atom stereocenters. The SMILES string of the molecule is CCCNc1nc(Nc2ccc(C(N)=O)cc2)ncc1C#CCCCNC(=O)[C@H](C)NC. The van der Waals surface area contributed by atoms with E-state index < -0.39 is 5.91 Å². The fourth-order valence-electron chi connectivity index (χ4n) is 2.59. The minimum Gasteiger partial charge on any atom is -0.369 e. The lowest BCUT2D eigenvalue weighted by atomic mass is 10.2. The number of hydrogen-bond acceptors (Lipinski definition) is 7. The summed E-state index contributed by atoms with van der Waals surface area (Å²) in [6.45, 7) is 5.22. The van der Waals surface area contributed by atoms with Gasteiger partial charge >= 0.3 is 0 Å². The number of carbonyl (C=O) groups excluding carboxylic acids is 2. The lowest BCUT2D eigenvalue weighted by molar-refractivity contribution is -0.122. The fourth-order valence-corrected chi connectivity index (χ4v) is 2.59. The molecule has 0 saturated heterocycles. The topological polar surface area (TPSA) is 134 Å². The Balaban J connectivity index is 2.00. The van der Waals surface area contributed by atoms with Crippen LogP contribution in [0.15, 0.2) is 30.5 Å². The molecule has 0 aliphatic rings. The number of aromatic nitrogens is 2. The van der Waals surface area contributed by atoms with E-state index in [0.29, 0.717) is 35.9 Å². The number of rotatable bonds is 11. The van der Waals surface area contributed by atoms with Crippen molar-refractivity contribution in [1.29, 1.82) is 0 Å². The number of hydrogen-bond donors (Lipinski definition) is 5. The summed E-state index contributed by atoms with van der Waals surface area (Å²) < 4.78 is 0. The van der Waals surface area contributed by atoms with Crippen molar-refractivity contribution < 1.29 is 9.59 Å². The summed E-state index contributed by atoms with van der Waals surface area (Å²) in [5.41, 5.74) is 7.15. The molecule has 0 bridgehead atoms. The van der Waals surface area contributed by atoms with Crippen LogP contribution >= 0.6 is 0 Å². The first kappa shape index (κ1) is 24.6. The van der Waals surface area contributed by atoms with Gasteiger partial charge < -0.3 is 27.0 Å². The Morgan fingerprint density at radius 3 is 2.59 bits per heavy atom. The molecule has 1 aromatic heterocycles. The zero-order chi connectivity index (χ0) is 23.3. The van der Waals surface area contributed by atoms with E-state index >= 15 is 0 Å². The van der Waals surface area contributed by atoms with E-state index in [-0.39, 0.29) is 11.9 Å². The van der Waals surface area contributed by atoms with Crippen LogP contribution in [0.2, 0.25) is 0 Å². The van der Waals surface area contributed by atoms with Crippen molar-refractivity contribution in [3.8, 4) is 11.8 Å². The van der Waals surface area contributed by atoms with Gasteiger partial charge in [-0.25, -0.2) is 4.98 Å². The maximum absolute atomic E-state index is 11.7. The summed E-state index contributed by atoms with van der Waals surface area (Å²) >= 11 is 0. The number of primary amides is 1. The number of anilines is 3. The quantitative estimate of drug-likeness (QED) is 0.268. The van der Waals surface area contributed by atoms with Gasteiger partial charge in [0.25, 0.3) is 0 Å². The number of benzene rings is 1. The molecule has 6 N–H and O–H groups in total. The molecule has 1 aromatic carbocycles.